The highest BCUT2D eigenvalue weighted by atomic mass is 16.1. The van der Waals surface area contributed by atoms with Gasteiger partial charge in [0.05, 0.1) is 0 Å². The molecule has 2 aromatic carbocycles. The molecule has 0 bridgehead atoms. The van der Waals surface area contributed by atoms with Crippen molar-refractivity contribution in [1.29, 1.82) is 0 Å². The molecule has 2 heterocycles. The fraction of sp³-hybridized carbons (Fsp3) is 0.240. The summed E-state index contributed by atoms with van der Waals surface area (Å²) in [6, 6.07) is 22.6. The minimum absolute atomic E-state index is 0.0261. The van der Waals surface area contributed by atoms with Gasteiger partial charge in [0.1, 0.15) is 0 Å². The highest BCUT2D eigenvalue weighted by Crippen LogP contribution is 2.23. The summed E-state index contributed by atoms with van der Waals surface area (Å²) in [5.41, 5.74) is 4.10. The van der Waals surface area contributed by atoms with Gasteiger partial charge >= 0.3 is 0 Å². The van der Waals surface area contributed by atoms with Gasteiger partial charge in [0, 0.05) is 42.8 Å². The second-order valence-corrected chi connectivity index (χ2v) is 7.78. The molecule has 4 heteroatoms. The highest BCUT2D eigenvalue weighted by Gasteiger charge is 2.23. The summed E-state index contributed by atoms with van der Waals surface area (Å²) in [4.78, 5) is 17.3. The zero-order valence-electron chi connectivity index (χ0n) is 17.0. The first-order valence-corrected chi connectivity index (χ1v) is 10.1. The fourth-order valence-electron chi connectivity index (χ4n) is 3.79. The van der Waals surface area contributed by atoms with Crippen molar-refractivity contribution in [2.45, 2.75) is 12.5 Å². The van der Waals surface area contributed by atoms with E-state index in [1.807, 2.05) is 66.9 Å². The van der Waals surface area contributed by atoms with Crippen molar-refractivity contribution >= 4 is 17.8 Å². The van der Waals surface area contributed by atoms with Crippen LogP contribution in [0.2, 0.25) is 0 Å². The SMILES string of the molecule is CN(C)C1CCN(c2ccc(-n3ccc(/C=C/c4ccccc4)cc3=O)cc2)C1. The number of anilines is 1. The molecule has 1 unspecified atom stereocenters. The molecular weight excluding hydrogens is 358 g/mol. The number of aromatic nitrogens is 1. The topological polar surface area (TPSA) is 28.5 Å². The van der Waals surface area contributed by atoms with Crippen LogP contribution in [0.25, 0.3) is 17.8 Å². The Balaban J connectivity index is 1.49. The molecular formula is C25H27N3O. The van der Waals surface area contributed by atoms with Crippen LogP contribution in [0.4, 0.5) is 5.69 Å². The standard InChI is InChI=1S/C25H27N3O/c1-26(2)24-15-16-27(19-24)22-10-12-23(13-11-22)28-17-14-21(18-25(28)29)9-8-20-6-4-3-5-7-20/h3-14,17-18,24H,15-16,19H2,1-2H3/b9-8+. The summed E-state index contributed by atoms with van der Waals surface area (Å²) >= 11 is 0. The molecule has 3 aromatic rings. The Kier molecular flexibility index (Phi) is 5.63. The summed E-state index contributed by atoms with van der Waals surface area (Å²) in [5.74, 6) is 0. The smallest absolute Gasteiger partial charge is 0.255 e. The Morgan fingerprint density at radius 3 is 2.24 bits per heavy atom. The monoisotopic (exact) mass is 385 g/mol. The maximum absolute atomic E-state index is 12.6. The first-order chi connectivity index (χ1) is 14.1. The number of hydrogen-bond donors (Lipinski definition) is 0. The molecule has 1 fully saturated rings. The predicted octanol–water partition coefficient (Wildman–Crippen LogP) is 4.15. The quantitative estimate of drug-likeness (QED) is 0.661. The van der Waals surface area contributed by atoms with Crippen LogP contribution in [0, 0.1) is 0 Å². The fourth-order valence-corrected chi connectivity index (χ4v) is 3.79. The summed E-state index contributed by atoms with van der Waals surface area (Å²) in [7, 11) is 4.28. The summed E-state index contributed by atoms with van der Waals surface area (Å²) in [5, 5.41) is 0. The van der Waals surface area contributed by atoms with E-state index in [4.69, 9.17) is 0 Å². The lowest BCUT2D eigenvalue weighted by Gasteiger charge is -2.22. The molecule has 148 valence electrons. The van der Waals surface area contributed by atoms with Crippen LogP contribution in [-0.2, 0) is 0 Å². The molecule has 1 aliphatic rings. The third kappa shape index (κ3) is 4.49. The lowest BCUT2D eigenvalue weighted by molar-refractivity contribution is 0.315. The van der Waals surface area contributed by atoms with E-state index in [2.05, 4.69) is 36.0 Å². The summed E-state index contributed by atoms with van der Waals surface area (Å²) < 4.78 is 1.69. The van der Waals surface area contributed by atoms with Gasteiger partial charge in [-0.2, -0.15) is 0 Å². The molecule has 4 rings (SSSR count). The molecule has 0 spiro atoms. The van der Waals surface area contributed by atoms with Crippen LogP contribution in [0.15, 0.2) is 77.7 Å². The summed E-state index contributed by atoms with van der Waals surface area (Å²) in [6.07, 6.45) is 7.02. The van der Waals surface area contributed by atoms with Gasteiger partial charge in [-0.3, -0.25) is 9.36 Å². The normalized spacial score (nSPS) is 16.8. The highest BCUT2D eigenvalue weighted by molar-refractivity contribution is 5.69. The third-order valence-corrected chi connectivity index (χ3v) is 5.60. The van der Waals surface area contributed by atoms with Gasteiger partial charge in [-0.1, -0.05) is 42.5 Å². The van der Waals surface area contributed by atoms with Crippen LogP contribution >= 0.6 is 0 Å². The Morgan fingerprint density at radius 2 is 1.59 bits per heavy atom. The van der Waals surface area contributed by atoms with Crippen LogP contribution in [0.1, 0.15) is 17.5 Å². The Morgan fingerprint density at radius 1 is 0.897 bits per heavy atom. The zero-order chi connectivity index (χ0) is 20.2. The number of hydrogen-bond acceptors (Lipinski definition) is 3. The zero-order valence-corrected chi connectivity index (χ0v) is 17.0. The van der Waals surface area contributed by atoms with Crippen molar-refractivity contribution < 1.29 is 0 Å². The molecule has 1 aromatic heterocycles. The van der Waals surface area contributed by atoms with Crippen LogP contribution in [-0.4, -0.2) is 42.7 Å². The molecule has 0 saturated carbocycles. The minimum Gasteiger partial charge on any atom is -0.370 e. The van der Waals surface area contributed by atoms with E-state index in [1.165, 1.54) is 12.1 Å². The Bertz CT molecular complexity index is 1040. The van der Waals surface area contributed by atoms with Crippen molar-refractivity contribution in [2.24, 2.45) is 0 Å². The van der Waals surface area contributed by atoms with Gasteiger partial charge in [0.15, 0.2) is 0 Å². The largest absolute Gasteiger partial charge is 0.370 e. The van der Waals surface area contributed by atoms with Crippen molar-refractivity contribution in [3.8, 4) is 5.69 Å². The minimum atomic E-state index is -0.0261. The molecule has 0 aliphatic carbocycles. The van der Waals surface area contributed by atoms with Gasteiger partial charge in [0.25, 0.3) is 5.56 Å². The lowest BCUT2D eigenvalue weighted by atomic mass is 10.1. The molecule has 0 amide bonds. The van der Waals surface area contributed by atoms with E-state index in [-0.39, 0.29) is 5.56 Å². The van der Waals surface area contributed by atoms with E-state index in [9.17, 15) is 4.79 Å². The third-order valence-electron chi connectivity index (χ3n) is 5.60. The molecule has 1 atom stereocenters. The average molecular weight is 386 g/mol. The van der Waals surface area contributed by atoms with E-state index >= 15 is 0 Å². The molecule has 1 aliphatic heterocycles. The molecule has 0 radical (unpaired) electrons. The van der Waals surface area contributed by atoms with Crippen LogP contribution in [0.3, 0.4) is 0 Å². The van der Waals surface area contributed by atoms with Gasteiger partial charge in [-0.05, 0) is 62.0 Å². The number of rotatable bonds is 5. The second-order valence-electron chi connectivity index (χ2n) is 7.78. The first kappa shape index (κ1) is 19.2. The average Bonchev–Trinajstić information content (AvgIpc) is 3.24. The van der Waals surface area contributed by atoms with Gasteiger partial charge in [-0.25, -0.2) is 0 Å². The Labute approximate surface area is 172 Å². The van der Waals surface area contributed by atoms with Gasteiger partial charge in [-0.15, -0.1) is 0 Å². The maximum atomic E-state index is 12.6. The van der Waals surface area contributed by atoms with Crippen LogP contribution < -0.4 is 10.5 Å². The number of pyridine rings is 1. The van der Waals surface area contributed by atoms with Crippen molar-refractivity contribution in [2.75, 3.05) is 32.1 Å². The predicted molar refractivity (Wildman–Crippen MR) is 122 cm³/mol. The van der Waals surface area contributed by atoms with Crippen molar-refractivity contribution in [3.05, 3.63) is 94.4 Å². The van der Waals surface area contributed by atoms with Crippen molar-refractivity contribution in [3.63, 3.8) is 0 Å². The number of benzene rings is 2. The molecule has 4 nitrogen and oxygen atoms in total. The lowest BCUT2D eigenvalue weighted by Crippen LogP contribution is -2.31. The maximum Gasteiger partial charge on any atom is 0.255 e. The van der Waals surface area contributed by atoms with E-state index in [0.29, 0.717) is 6.04 Å². The van der Waals surface area contributed by atoms with E-state index in [0.717, 1.165) is 29.9 Å². The molecule has 1 saturated heterocycles. The molecule has 0 N–H and O–H groups in total. The van der Waals surface area contributed by atoms with Crippen molar-refractivity contribution in [1.82, 2.24) is 9.47 Å². The van der Waals surface area contributed by atoms with E-state index < -0.39 is 0 Å². The molecule has 29 heavy (non-hydrogen) atoms. The van der Waals surface area contributed by atoms with E-state index in [1.54, 1.807) is 10.6 Å². The first-order valence-electron chi connectivity index (χ1n) is 10.1. The second kappa shape index (κ2) is 8.50. The van der Waals surface area contributed by atoms with Gasteiger partial charge < -0.3 is 9.80 Å². The van der Waals surface area contributed by atoms with Gasteiger partial charge in [0.2, 0.25) is 0 Å². The summed E-state index contributed by atoms with van der Waals surface area (Å²) in [6.45, 7) is 2.12. The number of nitrogens with zero attached hydrogens (tertiary/aromatic N) is 3. The Hall–Kier alpha value is -3.11. The number of likely N-dealkylation sites (N-methyl/N-ethyl adjacent to an activating group) is 1. The van der Waals surface area contributed by atoms with Crippen LogP contribution in [0.5, 0.6) is 0 Å².